The van der Waals surface area contributed by atoms with E-state index in [9.17, 15) is 17.6 Å². The molecule has 0 saturated carbocycles. The number of halogens is 1. The number of nitrogens with one attached hydrogen (secondary N) is 1. The Morgan fingerprint density at radius 3 is 2.53 bits per heavy atom. The highest BCUT2D eigenvalue weighted by Gasteiger charge is 2.20. The molecule has 0 spiro atoms. The van der Waals surface area contributed by atoms with E-state index in [2.05, 4.69) is 9.47 Å². The van der Waals surface area contributed by atoms with Crippen LogP contribution in [0.25, 0.3) is 0 Å². The predicted octanol–water partition coefficient (Wildman–Crippen LogP) is -0.132. The molecule has 9 heteroatoms. The lowest BCUT2D eigenvalue weighted by Gasteiger charge is -2.10. The number of sulfonamides is 1. The first-order chi connectivity index (χ1) is 8.81. The number of benzene rings is 1. The minimum absolute atomic E-state index is 0.166. The number of rotatable bonds is 5. The van der Waals surface area contributed by atoms with E-state index in [-0.39, 0.29) is 11.4 Å². The number of anilines is 1. The molecular weight excluding hydrogens is 279 g/mol. The van der Waals surface area contributed by atoms with Gasteiger partial charge < -0.3 is 15.2 Å². The van der Waals surface area contributed by atoms with Crippen molar-refractivity contribution in [3.63, 3.8) is 0 Å². The zero-order chi connectivity index (χ0) is 14.6. The molecule has 0 aliphatic carbocycles. The summed E-state index contributed by atoms with van der Waals surface area (Å²) >= 11 is 0. The van der Waals surface area contributed by atoms with Crippen molar-refractivity contribution in [2.24, 2.45) is 0 Å². The number of nitrogens with two attached hydrogens (primary N) is 1. The SMILES string of the molecule is COC(=O)CNS(=O)(=O)c1cc(N)c(OC)c(F)c1. The Balaban J connectivity index is 3.06. The second-order valence-electron chi connectivity index (χ2n) is 3.43. The normalized spacial score (nSPS) is 11.1. The third-order valence-corrected chi connectivity index (χ3v) is 3.58. The van der Waals surface area contributed by atoms with E-state index in [1.54, 1.807) is 0 Å². The summed E-state index contributed by atoms with van der Waals surface area (Å²) in [6.45, 7) is -0.563. The second-order valence-corrected chi connectivity index (χ2v) is 5.20. The van der Waals surface area contributed by atoms with Crippen LogP contribution in [0, 0.1) is 5.82 Å². The summed E-state index contributed by atoms with van der Waals surface area (Å²) in [6, 6.07) is 1.77. The van der Waals surface area contributed by atoms with Crippen LogP contribution in [-0.4, -0.2) is 35.2 Å². The molecule has 0 saturated heterocycles. The Morgan fingerprint density at radius 2 is 2.05 bits per heavy atom. The summed E-state index contributed by atoms with van der Waals surface area (Å²) in [5.74, 6) is -1.93. The monoisotopic (exact) mass is 292 g/mol. The molecule has 0 fully saturated rings. The molecule has 0 aromatic heterocycles. The number of nitrogen functional groups attached to an aromatic ring is 1. The van der Waals surface area contributed by atoms with Gasteiger partial charge in [0.05, 0.1) is 24.8 Å². The molecule has 0 radical (unpaired) electrons. The van der Waals surface area contributed by atoms with E-state index in [1.165, 1.54) is 7.11 Å². The average molecular weight is 292 g/mol. The smallest absolute Gasteiger partial charge is 0.320 e. The van der Waals surface area contributed by atoms with Gasteiger partial charge in [-0.3, -0.25) is 4.79 Å². The first kappa shape index (κ1) is 15.2. The predicted molar refractivity (Wildman–Crippen MR) is 64.6 cm³/mol. The number of carbonyl (C=O) groups excluding carboxylic acids is 1. The van der Waals surface area contributed by atoms with Gasteiger partial charge in [-0.05, 0) is 12.1 Å². The molecule has 0 bridgehead atoms. The first-order valence-corrected chi connectivity index (χ1v) is 6.49. The van der Waals surface area contributed by atoms with Crippen molar-refractivity contribution in [3.8, 4) is 5.75 Å². The highest BCUT2D eigenvalue weighted by atomic mass is 32.2. The zero-order valence-electron chi connectivity index (χ0n) is 10.3. The van der Waals surface area contributed by atoms with Gasteiger partial charge in [-0.1, -0.05) is 0 Å². The molecule has 0 aliphatic rings. The molecule has 1 aromatic carbocycles. The van der Waals surface area contributed by atoms with Gasteiger partial charge in [-0.2, -0.15) is 4.72 Å². The molecule has 19 heavy (non-hydrogen) atoms. The van der Waals surface area contributed by atoms with Crippen molar-refractivity contribution in [2.45, 2.75) is 4.90 Å². The summed E-state index contributed by atoms with van der Waals surface area (Å²) in [6.07, 6.45) is 0. The van der Waals surface area contributed by atoms with Gasteiger partial charge >= 0.3 is 5.97 Å². The van der Waals surface area contributed by atoms with Crippen LogP contribution in [0.4, 0.5) is 10.1 Å². The minimum Gasteiger partial charge on any atom is -0.492 e. The molecule has 7 nitrogen and oxygen atoms in total. The number of esters is 1. The number of ether oxygens (including phenoxy) is 2. The maximum Gasteiger partial charge on any atom is 0.320 e. The van der Waals surface area contributed by atoms with Gasteiger partial charge in [0.15, 0.2) is 11.6 Å². The van der Waals surface area contributed by atoms with Crippen LogP contribution < -0.4 is 15.2 Å². The van der Waals surface area contributed by atoms with Crippen LogP contribution in [0.3, 0.4) is 0 Å². The quantitative estimate of drug-likeness (QED) is 0.578. The topological polar surface area (TPSA) is 108 Å². The van der Waals surface area contributed by atoms with E-state index in [0.29, 0.717) is 0 Å². The van der Waals surface area contributed by atoms with Crippen LogP contribution in [0.5, 0.6) is 5.75 Å². The van der Waals surface area contributed by atoms with Crippen LogP contribution in [0.2, 0.25) is 0 Å². The summed E-state index contributed by atoms with van der Waals surface area (Å²) in [5, 5.41) is 0. The van der Waals surface area contributed by atoms with Gasteiger partial charge in [0.1, 0.15) is 6.54 Å². The van der Waals surface area contributed by atoms with Crippen LogP contribution in [0.1, 0.15) is 0 Å². The number of methoxy groups -OCH3 is 2. The highest BCUT2D eigenvalue weighted by molar-refractivity contribution is 7.89. The lowest BCUT2D eigenvalue weighted by atomic mass is 10.3. The minimum atomic E-state index is -4.06. The summed E-state index contributed by atoms with van der Waals surface area (Å²) in [5.41, 5.74) is 5.30. The zero-order valence-corrected chi connectivity index (χ0v) is 11.1. The van der Waals surface area contributed by atoms with Gasteiger partial charge in [-0.25, -0.2) is 12.8 Å². The first-order valence-electron chi connectivity index (χ1n) is 5.01. The maximum atomic E-state index is 13.5. The van der Waals surface area contributed by atoms with Gasteiger partial charge in [0.25, 0.3) is 0 Å². The van der Waals surface area contributed by atoms with Gasteiger partial charge in [0.2, 0.25) is 10.0 Å². The molecular formula is C10H13FN2O5S. The van der Waals surface area contributed by atoms with E-state index in [0.717, 1.165) is 19.2 Å². The van der Waals surface area contributed by atoms with Crippen LogP contribution in [0.15, 0.2) is 17.0 Å². The number of carbonyl (C=O) groups is 1. The molecule has 1 rings (SSSR count). The fourth-order valence-corrected chi connectivity index (χ4v) is 2.28. The lowest BCUT2D eigenvalue weighted by Crippen LogP contribution is -2.30. The number of hydrogen-bond acceptors (Lipinski definition) is 6. The summed E-state index contributed by atoms with van der Waals surface area (Å²) in [7, 11) is -1.74. The highest BCUT2D eigenvalue weighted by Crippen LogP contribution is 2.28. The summed E-state index contributed by atoms with van der Waals surface area (Å²) < 4.78 is 48.0. The van der Waals surface area contributed by atoms with Crippen molar-refractivity contribution in [1.82, 2.24) is 4.72 Å². The summed E-state index contributed by atoms with van der Waals surface area (Å²) in [4.78, 5) is 10.4. The molecule has 1 aromatic rings. The third-order valence-electron chi connectivity index (χ3n) is 2.19. The van der Waals surface area contributed by atoms with E-state index in [1.807, 2.05) is 4.72 Å². The van der Waals surface area contributed by atoms with E-state index in [4.69, 9.17) is 5.73 Å². The van der Waals surface area contributed by atoms with Crippen molar-refractivity contribution in [3.05, 3.63) is 17.9 Å². The van der Waals surface area contributed by atoms with E-state index < -0.39 is 33.3 Å². The third kappa shape index (κ3) is 3.55. The van der Waals surface area contributed by atoms with Crippen LogP contribution >= 0.6 is 0 Å². The Kier molecular flexibility index (Phi) is 4.67. The molecule has 0 heterocycles. The van der Waals surface area contributed by atoms with Crippen molar-refractivity contribution >= 4 is 21.7 Å². The fourth-order valence-electron chi connectivity index (χ4n) is 1.27. The second kappa shape index (κ2) is 5.85. The molecule has 3 N–H and O–H groups in total. The Bertz CT molecular complexity index is 565. The molecule has 106 valence electrons. The molecule has 0 aliphatic heterocycles. The Labute approximate surface area is 109 Å². The van der Waals surface area contributed by atoms with Crippen LogP contribution in [-0.2, 0) is 19.6 Å². The molecule has 0 unspecified atom stereocenters. The fraction of sp³-hybridized carbons (Fsp3) is 0.300. The van der Waals surface area contributed by atoms with E-state index >= 15 is 0 Å². The molecule has 0 atom stereocenters. The average Bonchev–Trinajstić information content (AvgIpc) is 2.35. The van der Waals surface area contributed by atoms with Crippen molar-refractivity contribution in [1.29, 1.82) is 0 Å². The van der Waals surface area contributed by atoms with Crippen molar-refractivity contribution < 1.29 is 27.1 Å². The maximum absolute atomic E-state index is 13.5. The molecule has 0 amide bonds. The van der Waals surface area contributed by atoms with Crippen molar-refractivity contribution in [2.75, 3.05) is 26.5 Å². The van der Waals surface area contributed by atoms with Gasteiger partial charge in [0, 0.05) is 0 Å². The largest absolute Gasteiger partial charge is 0.492 e. The Hall–Kier alpha value is -1.87. The number of hydrogen-bond donors (Lipinski definition) is 2. The lowest BCUT2D eigenvalue weighted by molar-refractivity contribution is -0.139. The Morgan fingerprint density at radius 1 is 1.42 bits per heavy atom. The standard InChI is InChI=1S/C10H13FN2O5S/c1-17-9(14)5-13-19(15,16)6-3-7(11)10(18-2)8(12)4-6/h3-4,13H,5,12H2,1-2H3. The van der Waals surface area contributed by atoms with Gasteiger partial charge in [-0.15, -0.1) is 0 Å².